The molecule has 0 radical (unpaired) electrons. The van der Waals surface area contributed by atoms with Crippen molar-refractivity contribution < 1.29 is 23.8 Å². The number of rotatable bonds is 9. The molecule has 2 aromatic rings. The van der Waals surface area contributed by atoms with Gasteiger partial charge < -0.3 is 19.5 Å². The second-order valence-electron chi connectivity index (χ2n) is 6.09. The lowest BCUT2D eigenvalue weighted by atomic mass is 10.1. The van der Waals surface area contributed by atoms with Gasteiger partial charge >= 0.3 is 5.97 Å². The van der Waals surface area contributed by atoms with E-state index in [-0.39, 0.29) is 18.6 Å². The van der Waals surface area contributed by atoms with E-state index in [0.29, 0.717) is 5.56 Å². The zero-order chi connectivity index (χ0) is 19.6. The van der Waals surface area contributed by atoms with Gasteiger partial charge in [0.1, 0.15) is 6.61 Å². The summed E-state index contributed by atoms with van der Waals surface area (Å²) >= 11 is 0. The van der Waals surface area contributed by atoms with Crippen molar-refractivity contribution in [1.82, 2.24) is 5.32 Å². The molecule has 2 aromatic carbocycles. The van der Waals surface area contributed by atoms with Crippen molar-refractivity contribution in [3.05, 3.63) is 71.8 Å². The van der Waals surface area contributed by atoms with Crippen LogP contribution in [-0.2, 0) is 23.8 Å². The number of hydrogen-bond donors (Lipinski definition) is 1. The highest BCUT2D eigenvalue weighted by atomic mass is 16.6. The molecule has 3 atom stereocenters. The van der Waals surface area contributed by atoms with Crippen molar-refractivity contribution in [1.29, 1.82) is 0 Å². The lowest BCUT2D eigenvalue weighted by molar-refractivity contribution is -0.157. The molecule has 0 aliphatic carbocycles. The summed E-state index contributed by atoms with van der Waals surface area (Å²) in [7, 11) is 2.93. The number of esters is 1. The van der Waals surface area contributed by atoms with Gasteiger partial charge in [-0.25, -0.2) is 4.79 Å². The fourth-order valence-electron chi connectivity index (χ4n) is 2.66. The van der Waals surface area contributed by atoms with Crippen LogP contribution in [0.4, 0.5) is 0 Å². The Kier molecular flexibility index (Phi) is 7.98. The fraction of sp³-hybridized carbons (Fsp3) is 0.333. The van der Waals surface area contributed by atoms with E-state index in [1.165, 1.54) is 14.2 Å². The van der Waals surface area contributed by atoms with Gasteiger partial charge in [-0.1, -0.05) is 60.7 Å². The number of ether oxygens (including phenoxy) is 3. The maximum atomic E-state index is 12.4. The summed E-state index contributed by atoms with van der Waals surface area (Å²) in [6.45, 7) is 1.79. The third-order valence-corrected chi connectivity index (χ3v) is 3.99. The van der Waals surface area contributed by atoms with E-state index in [0.717, 1.165) is 5.56 Å². The van der Waals surface area contributed by atoms with E-state index in [4.69, 9.17) is 14.2 Å². The number of amides is 1. The molecule has 0 unspecified atom stereocenters. The molecule has 0 saturated carbocycles. The lowest BCUT2D eigenvalue weighted by Gasteiger charge is -2.21. The number of methoxy groups -OCH3 is 2. The molecule has 6 nitrogen and oxygen atoms in total. The molecular weight excluding hydrogens is 346 g/mol. The quantitative estimate of drug-likeness (QED) is 0.686. The van der Waals surface area contributed by atoms with Crippen molar-refractivity contribution >= 4 is 11.9 Å². The van der Waals surface area contributed by atoms with Gasteiger partial charge in [-0.2, -0.15) is 0 Å². The molecule has 1 amide bonds. The fourth-order valence-corrected chi connectivity index (χ4v) is 2.66. The first kappa shape index (κ1) is 20.6. The minimum absolute atomic E-state index is 0.0302. The van der Waals surface area contributed by atoms with Crippen LogP contribution in [0, 0.1) is 0 Å². The van der Waals surface area contributed by atoms with E-state index < -0.39 is 18.2 Å². The monoisotopic (exact) mass is 371 g/mol. The molecule has 27 heavy (non-hydrogen) atoms. The van der Waals surface area contributed by atoms with E-state index in [9.17, 15) is 9.59 Å². The van der Waals surface area contributed by atoms with Crippen LogP contribution in [-0.4, -0.2) is 38.7 Å². The first-order chi connectivity index (χ1) is 13.1. The summed E-state index contributed by atoms with van der Waals surface area (Å²) in [5, 5.41) is 2.80. The molecule has 0 heterocycles. The van der Waals surface area contributed by atoms with Gasteiger partial charge in [0.15, 0.2) is 12.2 Å². The van der Waals surface area contributed by atoms with Gasteiger partial charge in [-0.15, -0.1) is 0 Å². The highest BCUT2D eigenvalue weighted by Gasteiger charge is 2.24. The number of nitrogens with one attached hydrogen (secondary N) is 1. The van der Waals surface area contributed by atoms with Gasteiger partial charge in [0.2, 0.25) is 0 Å². The largest absolute Gasteiger partial charge is 0.461 e. The molecule has 0 saturated heterocycles. The minimum atomic E-state index is -0.801. The minimum Gasteiger partial charge on any atom is -0.461 e. The van der Waals surface area contributed by atoms with Gasteiger partial charge in [-0.05, 0) is 18.1 Å². The summed E-state index contributed by atoms with van der Waals surface area (Å²) in [4.78, 5) is 24.7. The molecule has 0 aromatic heterocycles. The molecule has 2 rings (SSSR count). The van der Waals surface area contributed by atoms with Crippen LogP contribution in [0.25, 0.3) is 0 Å². The van der Waals surface area contributed by atoms with Crippen LogP contribution in [0.1, 0.15) is 30.3 Å². The predicted octanol–water partition coefficient (Wildman–Crippen LogP) is 2.81. The molecule has 0 aliphatic rings. The highest BCUT2D eigenvalue weighted by molar-refractivity contribution is 5.82. The molecular formula is C21H25NO5. The average Bonchev–Trinajstić information content (AvgIpc) is 2.69. The zero-order valence-electron chi connectivity index (χ0n) is 15.8. The Bertz CT molecular complexity index is 720. The smallest absolute Gasteiger partial charge is 0.339 e. The topological polar surface area (TPSA) is 73.9 Å². The van der Waals surface area contributed by atoms with Crippen LogP contribution in [0.3, 0.4) is 0 Å². The van der Waals surface area contributed by atoms with Crippen molar-refractivity contribution in [2.45, 2.75) is 25.2 Å². The maximum absolute atomic E-state index is 12.4. The summed E-state index contributed by atoms with van der Waals surface area (Å²) in [5.41, 5.74) is 1.47. The molecule has 0 spiro atoms. The van der Waals surface area contributed by atoms with Crippen LogP contribution >= 0.6 is 0 Å². The number of carbonyl (C=O) groups is 2. The van der Waals surface area contributed by atoms with E-state index >= 15 is 0 Å². The number of carbonyl (C=O) groups excluding carboxylic acids is 2. The Morgan fingerprint density at radius 3 is 1.81 bits per heavy atom. The van der Waals surface area contributed by atoms with Gasteiger partial charge in [0, 0.05) is 14.2 Å². The van der Waals surface area contributed by atoms with Crippen LogP contribution < -0.4 is 5.32 Å². The average molecular weight is 371 g/mol. The van der Waals surface area contributed by atoms with Crippen molar-refractivity contribution in [3.8, 4) is 0 Å². The Balaban J connectivity index is 1.88. The lowest BCUT2D eigenvalue weighted by Crippen LogP contribution is -2.40. The Hall–Kier alpha value is -2.70. The molecule has 0 aliphatic heterocycles. The van der Waals surface area contributed by atoms with E-state index in [1.54, 1.807) is 19.1 Å². The molecule has 1 N–H and O–H groups in total. The maximum Gasteiger partial charge on any atom is 0.339 e. The molecule has 144 valence electrons. The molecule has 0 bridgehead atoms. The second-order valence-corrected chi connectivity index (χ2v) is 6.09. The van der Waals surface area contributed by atoms with Crippen LogP contribution in [0.15, 0.2) is 60.7 Å². The predicted molar refractivity (Wildman–Crippen MR) is 101 cm³/mol. The Morgan fingerprint density at radius 2 is 1.33 bits per heavy atom. The van der Waals surface area contributed by atoms with Crippen molar-refractivity contribution in [2.24, 2.45) is 0 Å². The third kappa shape index (κ3) is 5.91. The molecule has 0 fully saturated rings. The third-order valence-electron chi connectivity index (χ3n) is 3.99. The second kappa shape index (κ2) is 10.4. The first-order valence-electron chi connectivity index (χ1n) is 8.69. The van der Waals surface area contributed by atoms with Crippen molar-refractivity contribution in [3.63, 3.8) is 0 Å². The summed E-state index contributed by atoms with van der Waals surface area (Å²) in [6.07, 6.45) is -1.52. The zero-order valence-corrected chi connectivity index (χ0v) is 15.8. The number of hydrogen-bond acceptors (Lipinski definition) is 5. The highest BCUT2D eigenvalue weighted by Crippen LogP contribution is 2.18. The normalized spacial score (nSPS) is 14.0. The van der Waals surface area contributed by atoms with E-state index in [1.807, 2.05) is 48.5 Å². The van der Waals surface area contributed by atoms with Crippen LogP contribution in [0.2, 0.25) is 0 Å². The standard InChI is InChI=1S/C21H25NO5/c1-15(22-20(23)18(25-2)16-10-6-4-7-11-16)14-27-21(24)19(26-3)17-12-8-5-9-13-17/h4-13,15,18-19H,14H2,1-3H3,(H,22,23)/t15-,18+,19+/m0/s1. The van der Waals surface area contributed by atoms with Crippen LogP contribution in [0.5, 0.6) is 0 Å². The summed E-state index contributed by atoms with van der Waals surface area (Å²) < 4.78 is 15.9. The summed E-state index contributed by atoms with van der Waals surface area (Å²) in [5.74, 6) is -0.797. The first-order valence-corrected chi connectivity index (χ1v) is 8.69. The molecule has 6 heteroatoms. The Labute approximate surface area is 159 Å². The Morgan fingerprint density at radius 1 is 0.852 bits per heavy atom. The van der Waals surface area contributed by atoms with Gasteiger partial charge in [-0.3, -0.25) is 4.79 Å². The van der Waals surface area contributed by atoms with E-state index in [2.05, 4.69) is 5.32 Å². The SMILES string of the molecule is CO[C@@H](C(=O)N[C@@H](C)COC(=O)[C@H](OC)c1ccccc1)c1ccccc1. The van der Waals surface area contributed by atoms with Crippen molar-refractivity contribution in [2.75, 3.05) is 20.8 Å². The number of benzene rings is 2. The summed E-state index contributed by atoms with van der Waals surface area (Å²) in [6, 6.07) is 17.9. The van der Waals surface area contributed by atoms with Gasteiger partial charge in [0.05, 0.1) is 6.04 Å². The van der Waals surface area contributed by atoms with Gasteiger partial charge in [0.25, 0.3) is 5.91 Å².